The van der Waals surface area contributed by atoms with Crippen LogP contribution in [0.1, 0.15) is 49.0 Å². The van der Waals surface area contributed by atoms with Crippen LogP contribution in [0.4, 0.5) is 0 Å². The van der Waals surface area contributed by atoms with E-state index in [1.807, 2.05) is 53.4 Å². The number of nitrogens with zero attached hydrogens (tertiary/aromatic N) is 1. The molecule has 1 aliphatic rings. The van der Waals surface area contributed by atoms with Crippen molar-refractivity contribution in [1.29, 1.82) is 0 Å². The van der Waals surface area contributed by atoms with Crippen molar-refractivity contribution < 1.29 is 9.53 Å². The average molecular weight is 358 g/mol. The molecule has 0 unspecified atom stereocenters. The van der Waals surface area contributed by atoms with Gasteiger partial charge >= 0.3 is 0 Å². The third-order valence-electron chi connectivity index (χ3n) is 4.88. The summed E-state index contributed by atoms with van der Waals surface area (Å²) in [6.07, 6.45) is 3.35. The van der Waals surface area contributed by atoms with Crippen molar-refractivity contribution in [2.24, 2.45) is 0 Å². The lowest BCUT2D eigenvalue weighted by Gasteiger charge is -2.39. The van der Waals surface area contributed by atoms with Crippen LogP contribution in [0.15, 0.2) is 48.5 Å². The molecular formula is C21H24ClNO2. The summed E-state index contributed by atoms with van der Waals surface area (Å²) in [5.41, 5.74) is 1.66. The lowest BCUT2D eigenvalue weighted by Crippen LogP contribution is -2.47. The molecule has 0 radical (unpaired) electrons. The van der Waals surface area contributed by atoms with Gasteiger partial charge in [0.05, 0.1) is 0 Å². The first kappa shape index (κ1) is 17.8. The van der Waals surface area contributed by atoms with E-state index in [0.717, 1.165) is 24.2 Å². The smallest absolute Gasteiger partial charge is 0.254 e. The Morgan fingerprint density at radius 1 is 1.08 bits per heavy atom. The topological polar surface area (TPSA) is 29.5 Å². The third kappa shape index (κ3) is 4.16. The van der Waals surface area contributed by atoms with Crippen LogP contribution >= 0.6 is 11.6 Å². The summed E-state index contributed by atoms with van der Waals surface area (Å²) in [6, 6.07) is 15.6. The van der Waals surface area contributed by atoms with E-state index < -0.39 is 0 Å². The van der Waals surface area contributed by atoms with Gasteiger partial charge in [-0.15, -0.1) is 0 Å². The van der Waals surface area contributed by atoms with Gasteiger partial charge in [0.15, 0.2) is 0 Å². The van der Waals surface area contributed by atoms with Crippen molar-refractivity contribution in [2.75, 3.05) is 0 Å². The van der Waals surface area contributed by atoms with E-state index in [4.69, 9.17) is 16.3 Å². The van der Waals surface area contributed by atoms with Gasteiger partial charge in [0.1, 0.15) is 12.4 Å². The Balaban J connectivity index is 1.65. The number of benzene rings is 2. The van der Waals surface area contributed by atoms with E-state index in [-0.39, 0.29) is 5.91 Å². The minimum absolute atomic E-state index is 0.109. The molecule has 0 aliphatic carbocycles. The first-order valence-electron chi connectivity index (χ1n) is 8.85. The van der Waals surface area contributed by atoms with Crippen LogP contribution in [0, 0.1) is 0 Å². The molecule has 2 aromatic carbocycles. The van der Waals surface area contributed by atoms with E-state index in [1.165, 1.54) is 6.42 Å². The zero-order valence-corrected chi connectivity index (χ0v) is 15.5. The second-order valence-corrected chi connectivity index (χ2v) is 7.15. The molecule has 132 valence electrons. The molecular weight excluding hydrogens is 334 g/mol. The summed E-state index contributed by atoms with van der Waals surface area (Å²) in [5, 5.41) is 0.697. The minimum atomic E-state index is 0.109. The predicted molar refractivity (Wildman–Crippen MR) is 101 cm³/mol. The molecule has 2 atom stereocenters. The molecule has 1 amide bonds. The molecule has 2 aromatic rings. The molecule has 1 fully saturated rings. The molecule has 0 bridgehead atoms. The number of ether oxygens (including phenoxy) is 1. The van der Waals surface area contributed by atoms with E-state index >= 15 is 0 Å². The van der Waals surface area contributed by atoms with E-state index in [9.17, 15) is 4.79 Å². The van der Waals surface area contributed by atoms with E-state index in [2.05, 4.69) is 13.8 Å². The predicted octanol–water partition coefficient (Wildman–Crippen LogP) is 5.32. The first-order valence-corrected chi connectivity index (χ1v) is 9.23. The fraction of sp³-hybridized carbons (Fsp3) is 0.381. The van der Waals surface area contributed by atoms with Gasteiger partial charge in [0.25, 0.3) is 5.91 Å². The molecule has 3 rings (SSSR count). The van der Waals surface area contributed by atoms with Gasteiger partial charge in [0, 0.05) is 28.2 Å². The van der Waals surface area contributed by atoms with Crippen molar-refractivity contribution in [1.82, 2.24) is 4.90 Å². The Kier molecular flexibility index (Phi) is 5.64. The fourth-order valence-electron chi connectivity index (χ4n) is 3.44. The third-order valence-corrected chi connectivity index (χ3v) is 5.25. The van der Waals surface area contributed by atoms with Crippen molar-refractivity contribution in [3.05, 3.63) is 64.7 Å². The number of piperidine rings is 1. The number of carbonyl (C=O) groups excluding carboxylic acids is 1. The molecule has 3 nitrogen and oxygen atoms in total. The van der Waals surface area contributed by atoms with Crippen LogP contribution in [0.3, 0.4) is 0 Å². The molecule has 0 N–H and O–H groups in total. The number of likely N-dealkylation sites (tertiary alicyclic amines) is 1. The summed E-state index contributed by atoms with van der Waals surface area (Å²) in [4.78, 5) is 14.8. The number of hydrogen-bond acceptors (Lipinski definition) is 2. The highest BCUT2D eigenvalue weighted by Crippen LogP contribution is 2.25. The van der Waals surface area contributed by atoms with Crippen LogP contribution in [-0.4, -0.2) is 22.9 Å². The Morgan fingerprint density at radius 3 is 2.36 bits per heavy atom. The maximum Gasteiger partial charge on any atom is 0.254 e. The van der Waals surface area contributed by atoms with Crippen molar-refractivity contribution in [2.45, 2.75) is 51.8 Å². The lowest BCUT2D eigenvalue weighted by atomic mass is 9.96. The minimum Gasteiger partial charge on any atom is -0.489 e. The molecule has 0 saturated carbocycles. The summed E-state index contributed by atoms with van der Waals surface area (Å²) in [7, 11) is 0. The Morgan fingerprint density at radius 2 is 1.72 bits per heavy atom. The maximum absolute atomic E-state index is 12.8. The van der Waals surface area contributed by atoms with Crippen molar-refractivity contribution in [3.63, 3.8) is 0 Å². The number of amides is 1. The van der Waals surface area contributed by atoms with Gasteiger partial charge in [-0.05, 0) is 63.4 Å². The summed E-state index contributed by atoms with van der Waals surface area (Å²) < 4.78 is 5.79. The van der Waals surface area contributed by atoms with E-state index in [1.54, 1.807) is 0 Å². The highest BCUT2D eigenvalue weighted by molar-refractivity contribution is 6.31. The van der Waals surface area contributed by atoms with Crippen LogP contribution in [0.2, 0.25) is 5.02 Å². The van der Waals surface area contributed by atoms with Crippen LogP contribution in [0.25, 0.3) is 0 Å². The van der Waals surface area contributed by atoms with Crippen LogP contribution < -0.4 is 4.74 Å². The van der Waals surface area contributed by atoms with Gasteiger partial charge in [-0.25, -0.2) is 0 Å². The Hall–Kier alpha value is -2.00. The summed E-state index contributed by atoms with van der Waals surface area (Å²) >= 11 is 6.14. The summed E-state index contributed by atoms with van der Waals surface area (Å²) in [6.45, 7) is 4.68. The van der Waals surface area contributed by atoms with Gasteiger partial charge in [0.2, 0.25) is 0 Å². The summed E-state index contributed by atoms with van der Waals surface area (Å²) in [5.74, 6) is 0.841. The Labute approximate surface area is 154 Å². The molecule has 0 aromatic heterocycles. The zero-order valence-electron chi connectivity index (χ0n) is 14.7. The van der Waals surface area contributed by atoms with Crippen LogP contribution in [-0.2, 0) is 6.61 Å². The second kappa shape index (κ2) is 7.92. The lowest BCUT2D eigenvalue weighted by molar-refractivity contribution is 0.0510. The van der Waals surface area contributed by atoms with Gasteiger partial charge in [-0.2, -0.15) is 0 Å². The van der Waals surface area contributed by atoms with E-state index in [0.29, 0.717) is 29.3 Å². The SMILES string of the molecule is C[C@H]1CCC[C@H](C)N1C(=O)c1ccc(OCc2ccccc2Cl)cc1. The zero-order chi connectivity index (χ0) is 17.8. The van der Waals surface area contributed by atoms with Crippen molar-refractivity contribution >= 4 is 17.5 Å². The first-order chi connectivity index (χ1) is 12.1. The largest absolute Gasteiger partial charge is 0.489 e. The molecule has 1 heterocycles. The second-order valence-electron chi connectivity index (χ2n) is 6.75. The van der Waals surface area contributed by atoms with Crippen LogP contribution in [0.5, 0.6) is 5.75 Å². The fourth-order valence-corrected chi connectivity index (χ4v) is 3.63. The maximum atomic E-state index is 12.8. The highest BCUT2D eigenvalue weighted by atomic mass is 35.5. The number of rotatable bonds is 4. The van der Waals surface area contributed by atoms with Crippen molar-refractivity contribution in [3.8, 4) is 5.75 Å². The highest BCUT2D eigenvalue weighted by Gasteiger charge is 2.29. The normalized spacial score (nSPS) is 20.4. The molecule has 1 saturated heterocycles. The number of carbonyl (C=O) groups is 1. The Bertz CT molecular complexity index is 719. The monoisotopic (exact) mass is 357 g/mol. The van der Waals surface area contributed by atoms with Gasteiger partial charge in [-0.1, -0.05) is 29.8 Å². The molecule has 1 aliphatic heterocycles. The van der Waals surface area contributed by atoms with Gasteiger partial charge in [-0.3, -0.25) is 4.79 Å². The number of hydrogen-bond donors (Lipinski definition) is 0. The molecule has 0 spiro atoms. The molecule has 4 heteroatoms. The standard InChI is InChI=1S/C21H24ClNO2/c1-15-6-5-7-16(2)23(15)21(24)17-10-12-19(13-11-17)25-14-18-8-3-4-9-20(18)22/h3-4,8-13,15-16H,5-7,14H2,1-2H3/t15-,16-/m0/s1. The molecule has 25 heavy (non-hydrogen) atoms. The quantitative estimate of drug-likeness (QED) is 0.740. The van der Waals surface area contributed by atoms with Gasteiger partial charge < -0.3 is 9.64 Å². The average Bonchev–Trinajstić information content (AvgIpc) is 2.61. The number of halogens is 1.